The fourth-order valence-corrected chi connectivity index (χ4v) is 9.07. The van der Waals surface area contributed by atoms with E-state index in [2.05, 4.69) is 15.4 Å². The highest BCUT2D eigenvalue weighted by molar-refractivity contribution is 7.91. The maximum atomic E-state index is 14.6. The molecule has 302 valence electrons. The normalized spacial score (nSPS) is 26.4. The molecule has 0 spiro atoms. The number of amides is 4. The molecular formula is C40H47N7O9S. The standard InChI is InChI=1S/C40H47N7O9S/c1-39(2,3)56-38(51)42-29-15-8-6-4-5-7-12-24-22-40(24,37(50)45-57(52,53)26-17-18-26)43-35(48)31-20-25(23-46(31)36(29)49)55-33-21-30(32-16-11-19-54-32)41-34-27-13-9-10-14-28(27)44-47(33)34/h7,9-14,16,19,21,24-26,29,31H,4-6,8,15,17-18,20,22-23H2,1-3H3,(H,42,51)(H,43,48)(H,45,50)/b12-7-/t24-,25-,29+,31+,40-/m1/s1. The Bertz CT molecular complexity index is 2350. The number of rotatable bonds is 7. The van der Waals surface area contributed by atoms with Crippen LogP contribution < -0.4 is 20.1 Å². The summed E-state index contributed by atoms with van der Waals surface area (Å²) in [5.74, 6) is -1.61. The van der Waals surface area contributed by atoms with Crippen LogP contribution in [-0.4, -0.2) is 92.9 Å². The summed E-state index contributed by atoms with van der Waals surface area (Å²) in [6.07, 6.45) is 8.07. The van der Waals surface area contributed by atoms with Gasteiger partial charge >= 0.3 is 6.09 Å². The Hall–Kier alpha value is -5.45. The molecule has 57 heavy (non-hydrogen) atoms. The van der Waals surface area contributed by atoms with Gasteiger partial charge < -0.3 is 29.4 Å². The van der Waals surface area contributed by atoms with Gasteiger partial charge in [0.25, 0.3) is 5.91 Å². The Balaban J connectivity index is 1.14. The molecule has 1 aromatic carbocycles. The summed E-state index contributed by atoms with van der Waals surface area (Å²) >= 11 is 0. The lowest BCUT2D eigenvalue weighted by Crippen LogP contribution is -2.58. The summed E-state index contributed by atoms with van der Waals surface area (Å²) in [5, 5.41) is 10.5. The summed E-state index contributed by atoms with van der Waals surface area (Å²) in [6, 6.07) is 10.5. The number of nitrogens with one attached hydrogen (secondary N) is 3. The first kappa shape index (κ1) is 38.4. The molecule has 2 aliphatic carbocycles. The van der Waals surface area contributed by atoms with E-state index >= 15 is 0 Å². The molecule has 0 radical (unpaired) electrons. The van der Waals surface area contributed by atoms with Gasteiger partial charge in [-0.1, -0.05) is 37.1 Å². The second kappa shape index (κ2) is 14.8. The molecule has 4 aliphatic rings. The van der Waals surface area contributed by atoms with E-state index < -0.39 is 74.3 Å². The number of alkyl carbamates (subject to hydrolysis) is 1. The number of furan rings is 1. The average Bonchev–Trinajstić information content (AvgIpc) is 3.94. The van der Waals surface area contributed by atoms with Gasteiger partial charge in [-0.2, -0.15) is 9.61 Å². The van der Waals surface area contributed by atoms with E-state index in [-0.39, 0.29) is 19.4 Å². The fraction of sp³-hybridized carbons (Fsp3) is 0.500. The van der Waals surface area contributed by atoms with Crippen LogP contribution in [0.3, 0.4) is 0 Å². The Kier molecular flexibility index (Phi) is 9.98. The minimum atomic E-state index is -3.91. The molecule has 3 fully saturated rings. The quantitative estimate of drug-likeness (QED) is 0.224. The molecule has 3 aromatic heterocycles. The van der Waals surface area contributed by atoms with Crippen molar-refractivity contribution in [3.8, 4) is 17.3 Å². The Morgan fingerprint density at radius 1 is 1.05 bits per heavy atom. The first-order valence-corrected chi connectivity index (χ1v) is 21.1. The zero-order valence-electron chi connectivity index (χ0n) is 32.1. The van der Waals surface area contributed by atoms with Crippen LogP contribution >= 0.6 is 0 Å². The zero-order valence-corrected chi connectivity index (χ0v) is 32.9. The topological polar surface area (TPSA) is 204 Å². The van der Waals surface area contributed by atoms with Crippen molar-refractivity contribution in [1.29, 1.82) is 0 Å². The zero-order chi connectivity index (χ0) is 40.1. The molecule has 3 N–H and O–H groups in total. The molecule has 1 saturated heterocycles. The van der Waals surface area contributed by atoms with E-state index in [1.54, 1.807) is 49.7 Å². The Labute approximate surface area is 329 Å². The number of carbonyl (C=O) groups is 4. The number of ether oxygens (including phenoxy) is 2. The largest absolute Gasteiger partial charge is 0.472 e. The number of benzene rings is 1. The Morgan fingerprint density at radius 2 is 1.86 bits per heavy atom. The van der Waals surface area contributed by atoms with Crippen molar-refractivity contribution in [2.45, 2.75) is 113 Å². The van der Waals surface area contributed by atoms with Gasteiger partial charge in [0.2, 0.25) is 27.7 Å². The molecule has 4 amide bonds. The van der Waals surface area contributed by atoms with E-state index in [1.165, 1.54) is 4.90 Å². The molecule has 4 aromatic rings. The lowest BCUT2D eigenvalue weighted by Gasteiger charge is -2.30. The predicted molar refractivity (Wildman–Crippen MR) is 207 cm³/mol. The van der Waals surface area contributed by atoms with Gasteiger partial charge in [-0.3, -0.25) is 19.1 Å². The van der Waals surface area contributed by atoms with Crippen molar-refractivity contribution in [2.75, 3.05) is 6.54 Å². The maximum Gasteiger partial charge on any atom is 0.408 e. The monoisotopic (exact) mass is 801 g/mol. The van der Waals surface area contributed by atoms with Crippen LogP contribution in [0.2, 0.25) is 0 Å². The van der Waals surface area contributed by atoms with Crippen LogP contribution in [0.25, 0.3) is 28.0 Å². The third-order valence-electron chi connectivity index (χ3n) is 10.8. The van der Waals surface area contributed by atoms with E-state index in [1.807, 2.05) is 36.4 Å². The number of hydrogen-bond donors (Lipinski definition) is 3. The number of hydrogen-bond acceptors (Lipinski definition) is 11. The van der Waals surface area contributed by atoms with Crippen LogP contribution in [0.15, 0.2) is 65.3 Å². The fourth-order valence-electron chi connectivity index (χ4n) is 7.71. The van der Waals surface area contributed by atoms with Crippen molar-refractivity contribution in [1.82, 2.24) is 34.9 Å². The summed E-state index contributed by atoms with van der Waals surface area (Å²) in [4.78, 5) is 62.2. The van der Waals surface area contributed by atoms with Gasteiger partial charge in [0, 0.05) is 23.8 Å². The van der Waals surface area contributed by atoms with E-state index in [0.717, 1.165) is 18.2 Å². The number of fused-ring (bicyclic) bond motifs is 5. The predicted octanol–water partition coefficient (Wildman–Crippen LogP) is 4.39. The minimum Gasteiger partial charge on any atom is -0.472 e. The van der Waals surface area contributed by atoms with Gasteiger partial charge in [-0.05, 0) is 83.6 Å². The lowest BCUT2D eigenvalue weighted by molar-refractivity contribution is -0.141. The van der Waals surface area contributed by atoms with E-state index in [4.69, 9.17) is 24.0 Å². The van der Waals surface area contributed by atoms with Crippen LogP contribution in [0.4, 0.5) is 4.79 Å². The van der Waals surface area contributed by atoms with Crippen LogP contribution in [-0.2, 0) is 29.1 Å². The highest BCUT2D eigenvalue weighted by atomic mass is 32.2. The third-order valence-corrected chi connectivity index (χ3v) is 12.7. The van der Waals surface area contributed by atoms with Crippen molar-refractivity contribution in [2.24, 2.45) is 5.92 Å². The number of sulfonamides is 1. The van der Waals surface area contributed by atoms with Gasteiger partial charge in [0.05, 0.1) is 23.6 Å². The van der Waals surface area contributed by atoms with Crippen molar-refractivity contribution in [3.05, 3.63) is 60.9 Å². The molecule has 2 aliphatic heterocycles. The summed E-state index contributed by atoms with van der Waals surface area (Å²) in [5.41, 5.74) is -0.671. The van der Waals surface area contributed by atoms with Crippen LogP contribution in [0.1, 0.15) is 78.6 Å². The first-order chi connectivity index (χ1) is 27.2. The summed E-state index contributed by atoms with van der Waals surface area (Å²) in [7, 11) is -3.91. The minimum absolute atomic E-state index is 0.00992. The Morgan fingerprint density at radius 3 is 2.61 bits per heavy atom. The molecule has 5 heterocycles. The third kappa shape index (κ3) is 8.06. The van der Waals surface area contributed by atoms with Gasteiger partial charge in [0.15, 0.2) is 11.4 Å². The maximum absolute atomic E-state index is 14.6. The second-order valence-electron chi connectivity index (χ2n) is 16.4. The SMILES string of the molecule is CC(C)(C)OC(=O)N[C@H]1CCCCC/C=C\[C@@H]2C[C@@]2(C(=O)NS(=O)(=O)C2CC2)NC(=O)[C@@H]2C[C@@H](Oc3cc(-c4ccco4)nc4c5ccccc5nn34)CN2C1=O. The first-order valence-electron chi connectivity index (χ1n) is 19.5. The lowest BCUT2D eigenvalue weighted by atomic mass is 10.0. The summed E-state index contributed by atoms with van der Waals surface area (Å²) < 4.78 is 47.4. The molecule has 0 bridgehead atoms. The van der Waals surface area contributed by atoms with Crippen LogP contribution in [0, 0.1) is 5.92 Å². The molecule has 16 nitrogen and oxygen atoms in total. The average molecular weight is 802 g/mol. The van der Waals surface area contributed by atoms with E-state index in [0.29, 0.717) is 60.6 Å². The number of nitrogens with zero attached hydrogens (tertiary/aromatic N) is 4. The van der Waals surface area contributed by atoms with Crippen molar-refractivity contribution in [3.63, 3.8) is 0 Å². The molecule has 5 atom stereocenters. The smallest absolute Gasteiger partial charge is 0.408 e. The van der Waals surface area contributed by atoms with Gasteiger partial charge in [-0.15, -0.1) is 0 Å². The molecule has 17 heteroatoms. The van der Waals surface area contributed by atoms with Gasteiger partial charge in [-0.25, -0.2) is 18.2 Å². The molecular weight excluding hydrogens is 755 g/mol. The second-order valence-corrected chi connectivity index (χ2v) is 18.4. The number of allylic oxidation sites excluding steroid dienone is 1. The van der Waals surface area contributed by atoms with Crippen LogP contribution in [0.5, 0.6) is 5.88 Å². The van der Waals surface area contributed by atoms with E-state index in [9.17, 15) is 27.6 Å². The highest BCUT2D eigenvalue weighted by Crippen LogP contribution is 2.46. The van der Waals surface area contributed by atoms with Crippen molar-refractivity contribution >= 4 is 50.4 Å². The summed E-state index contributed by atoms with van der Waals surface area (Å²) in [6.45, 7) is 5.13. The van der Waals surface area contributed by atoms with Gasteiger partial charge in [0.1, 0.15) is 35.0 Å². The van der Waals surface area contributed by atoms with Crippen molar-refractivity contribution < 1.29 is 41.5 Å². The molecule has 8 rings (SSSR count). The highest BCUT2D eigenvalue weighted by Gasteiger charge is 2.62. The molecule has 0 unspecified atom stereocenters. The number of carbonyl (C=O) groups excluding carboxylic acids is 4. The molecule has 2 saturated carbocycles. The number of aromatic nitrogens is 3.